The summed E-state index contributed by atoms with van der Waals surface area (Å²) >= 11 is 0. The van der Waals surface area contributed by atoms with Crippen LogP contribution in [0.15, 0.2) is 48.6 Å². The van der Waals surface area contributed by atoms with Gasteiger partial charge in [-0.2, -0.15) is 8.42 Å². The molecule has 0 aliphatic rings. The van der Waals surface area contributed by atoms with Crippen LogP contribution in [0, 0.1) is 0 Å². The van der Waals surface area contributed by atoms with E-state index < -0.39 is 40.0 Å². The van der Waals surface area contributed by atoms with Crippen LogP contribution in [-0.4, -0.2) is 53.1 Å². The molecular weight excluding hydrogens is 526 g/mol. The fourth-order valence-electron chi connectivity index (χ4n) is 4.15. The SMILES string of the molecule is CCC/C=C/CC/C=C/C(O)C(CS(=O)(=O)O)NC(=O)C(O)CCCCCCCC/C=C\C/C=C\CCCCC. The minimum atomic E-state index is -4.44. The fourth-order valence-corrected chi connectivity index (χ4v) is 4.89. The van der Waals surface area contributed by atoms with Crippen molar-refractivity contribution in [1.82, 2.24) is 5.32 Å². The second-order valence-electron chi connectivity index (χ2n) is 10.5. The Kier molecular flexibility index (Phi) is 25.0. The van der Waals surface area contributed by atoms with Gasteiger partial charge in [0.25, 0.3) is 10.1 Å². The summed E-state index contributed by atoms with van der Waals surface area (Å²) in [6.45, 7) is 4.32. The van der Waals surface area contributed by atoms with Gasteiger partial charge in [0.05, 0.1) is 17.9 Å². The van der Waals surface area contributed by atoms with Gasteiger partial charge in [-0.1, -0.05) is 114 Å². The molecule has 0 aliphatic carbocycles. The topological polar surface area (TPSA) is 124 Å². The highest BCUT2D eigenvalue weighted by Gasteiger charge is 2.27. The molecule has 4 N–H and O–H groups in total. The Balaban J connectivity index is 4.18. The second kappa shape index (κ2) is 26.2. The molecule has 232 valence electrons. The van der Waals surface area contributed by atoms with E-state index >= 15 is 0 Å². The van der Waals surface area contributed by atoms with Crippen molar-refractivity contribution in [2.45, 2.75) is 141 Å². The van der Waals surface area contributed by atoms with Gasteiger partial charge < -0.3 is 15.5 Å². The van der Waals surface area contributed by atoms with Crippen molar-refractivity contribution in [3.8, 4) is 0 Å². The van der Waals surface area contributed by atoms with Crippen LogP contribution >= 0.6 is 0 Å². The number of allylic oxidation sites excluding steroid dienone is 7. The van der Waals surface area contributed by atoms with E-state index in [1.165, 1.54) is 31.8 Å². The van der Waals surface area contributed by atoms with Crippen molar-refractivity contribution < 1.29 is 28.0 Å². The molecule has 8 heteroatoms. The minimum Gasteiger partial charge on any atom is -0.387 e. The smallest absolute Gasteiger partial charge is 0.267 e. The Morgan fingerprint density at radius 2 is 1.25 bits per heavy atom. The molecular formula is C32H57NO6S. The molecule has 0 aliphatic heterocycles. The Morgan fingerprint density at radius 1 is 0.700 bits per heavy atom. The summed E-state index contributed by atoms with van der Waals surface area (Å²) in [5.41, 5.74) is 0. The third-order valence-electron chi connectivity index (χ3n) is 6.57. The lowest BCUT2D eigenvalue weighted by Crippen LogP contribution is -2.50. The first-order chi connectivity index (χ1) is 19.2. The fraction of sp³-hybridized carbons (Fsp3) is 0.719. The first-order valence-corrected chi connectivity index (χ1v) is 17.1. The number of amides is 1. The summed E-state index contributed by atoms with van der Waals surface area (Å²) in [6, 6.07) is -1.25. The van der Waals surface area contributed by atoms with E-state index in [9.17, 15) is 28.0 Å². The maximum absolute atomic E-state index is 12.4. The van der Waals surface area contributed by atoms with Crippen molar-refractivity contribution in [2.75, 3.05) is 5.75 Å². The lowest BCUT2D eigenvalue weighted by atomic mass is 10.0. The highest BCUT2D eigenvalue weighted by molar-refractivity contribution is 7.85. The molecule has 0 radical (unpaired) electrons. The van der Waals surface area contributed by atoms with Crippen molar-refractivity contribution in [1.29, 1.82) is 0 Å². The van der Waals surface area contributed by atoms with Crippen LogP contribution in [0.4, 0.5) is 0 Å². The predicted molar refractivity (Wildman–Crippen MR) is 167 cm³/mol. The summed E-state index contributed by atoms with van der Waals surface area (Å²) in [5.74, 6) is -1.58. The van der Waals surface area contributed by atoms with E-state index in [2.05, 4.69) is 49.5 Å². The van der Waals surface area contributed by atoms with Crippen molar-refractivity contribution in [2.24, 2.45) is 0 Å². The second-order valence-corrected chi connectivity index (χ2v) is 12.0. The molecule has 3 unspecified atom stereocenters. The summed E-state index contributed by atoms with van der Waals surface area (Å²) < 4.78 is 32.1. The maximum Gasteiger partial charge on any atom is 0.267 e. The zero-order valence-corrected chi connectivity index (χ0v) is 25.9. The largest absolute Gasteiger partial charge is 0.387 e. The lowest BCUT2D eigenvalue weighted by Gasteiger charge is -2.22. The molecule has 0 bridgehead atoms. The summed E-state index contributed by atoms with van der Waals surface area (Å²) in [5, 5.41) is 23.0. The molecule has 0 aromatic rings. The van der Waals surface area contributed by atoms with Gasteiger partial charge in [0, 0.05) is 0 Å². The summed E-state index contributed by atoms with van der Waals surface area (Å²) in [6.07, 6.45) is 30.6. The van der Waals surface area contributed by atoms with Gasteiger partial charge in [0.15, 0.2) is 0 Å². The van der Waals surface area contributed by atoms with Crippen LogP contribution in [-0.2, 0) is 14.9 Å². The summed E-state index contributed by atoms with van der Waals surface area (Å²) in [7, 11) is -4.44. The van der Waals surface area contributed by atoms with Crippen LogP contribution in [0.1, 0.15) is 123 Å². The summed E-state index contributed by atoms with van der Waals surface area (Å²) in [4.78, 5) is 12.4. The predicted octanol–water partition coefficient (Wildman–Crippen LogP) is 6.98. The Hall–Kier alpha value is -1.74. The highest BCUT2D eigenvalue weighted by Crippen LogP contribution is 2.11. The lowest BCUT2D eigenvalue weighted by molar-refractivity contribution is -0.130. The molecule has 7 nitrogen and oxygen atoms in total. The standard InChI is InChI=1S/C32H57NO6S/c1-3-5-7-9-11-12-13-14-15-16-17-18-19-21-23-25-27-31(35)32(36)33-29(28-40(37,38)39)30(34)26-24-22-20-10-8-6-4-2/h8,10-12,14-15,24,26,29-31,34-35H,3-7,9,13,16-23,25,27-28H2,1-2H3,(H,33,36)(H,37,38,39)/b10-8+,12-11-,15-14-,26-24+. The van der Waals surface area contributed by atoms with E-state index in [4.69, 9.17) is 0 Å². The Morgan fingerprint density at radius 3 is 1.88 bits per heavy atom. The first kappa shape index (κ1) is 38.3. The van der Waals surface area contributed by atoms with Crippen LogP contribution < -0.4 is 5.32 Å². The van der Waals surface area contributed by atoms with Crippen LogP contribution in [0.3, 0.4) is 0 Å². The number of hydrogen-bond acceptors (Lipinski definition) is 5. The minimum absolute atomic E-state index is 0.259. The molecule has 0 aromatic carbocycles. The third-order valence-corrected chi connectivity index (χ3v) is 7.35. The van der Waals surface area contributed by atoms with Gasteiger partial charge >= 0.3 is 0 Å². The normalized spacial score (nSPS) is 15.0. The van der Waals surface area contributed by atoms with Gasteiger partial charge in [-0.15, -0.1) is 0 Å². The van der Waals surface area contributed by atoms with E-state index in [0.29, 0.717) is 12.8 Å². The number of rotatable bonds is 26. The number of aliphatic hydroxyl groups is 2. The molecule has 40 heavy (non-hydrogen) atoms. The molecule has 0 rings (SSSR count). The van der Waals surface area contributed by atoms with Crippen LogP contribution in [0.25, 0.3) is 0 Å². The number of hydrogen-bond donors (Lipinski definition) is 4. The van der Waals surface area contributed by atoms with Crippen molar-refractivity contribution in [3.05, 3.63) is 48.6 Å². The Bertz CT molecular complexity index is 834. The van der Waals surface area contributed by atoms with E-state index in [1.807, 2.05) is 6.08 Å². The van der Waals surface area contributed by atoms with Gasteiger partial charge in [-0.3, -0.25) is 9.35 Å². The van der Waals surface area contributed by atoms with Gasteiger partial charge in [0.2, 0.25) is 5.91 Å². The van der Waals surface area contributed by atoms with Gasteiger partial charge in [0.1, 0.15) is 6.10 Å². The highest BCUT2D eigenvalue weighted by atomic mass is 32.2. The zero-order chi connectivity index (χ0) is 29.9. The van der Waals surface area contributed by atoms with E-state index in [0.717, 1.165) is 64.2 Å². The Labute approximate surface area is 244 Å². The molecule has 0 aromatic heterocycles. The number of aliphatic hydroxyl groups excluding tert-OH is 2. The third kappa shape index (κ3) is 25.2. The quantitative estimate of drug-likeness (QED) is 0.0495. The molecule has 0 spiro atoms. The van der Waals surface area contributed by atoms with Crippen molar-refractivity contribution >= 4 is 16.0 Å². The monoisotopic (exact) mass is 583 g/mol. The molecule has 0 fully saturated rings. The molecule has 0 heterocycles. The first-order valence-electron chi connectivity index (χ1n) is 15.4. The number of carbonyl (C=O) groups is 1. The molecule has 1 amide bonds. The van der Waals surface area contributed by atoms with Gasteiger partial charge in [-0.05, 0) is 57.8 Å². The van der Waals surface area contributed by atoms with Crippen molar-refractivity contribution in [3.63, 3.8) is 0 Å². The molecule has 0 saturated carbocycles. The number of carbonyl (C=O) groups excluding carboxylic acids is 1. The van der Waals surface area contributed by atoms with E-state index in [-0.39, 0.29) is 6.42 Å². The van der Waals surface area contributed by atoms with Gasteiger partial charge in [-0.25, -0.2) is 0 Å². The molecule has 0 saturated heterocycles. The zero-order valence-electron chi connectivity index (χ0n) is 25.1. The average molecular weight is 584 g/mol. The number of unbranched alkanes of at least 4 members (excludes halogenated alkanes) is 11. The van der Waals surface area contributed by atoms with Crippen LogP contribution in [0.5, 0.6) is 0 Å². The maximum atomic E-state index is 12.4. The van der Waals surface area contributed by atoms with Crippen LogP contribution in [0.2, 0.25) is 0 Å². The number of nitrogens with one attached hydrogen (secondary N) is 1. The van der Waals surface area contributed by atoms with E-state index in [1.54, 1.807) is 6.08 Å². The molecule has 3 atom stereocenters. The average Bonchev–Trinajstić information content (AvgIpc) is 2.90.